The summed E-state index contributed by atoms with van der Waals surface area (Å²) in [5.74, 6) is -1.63. The fraction of sp³-hybridized carbons (Fsp3) is 0.471. The van der Waals surface area contributed by atoms with Gasteiger partial charge in [0.15, 0.2) is 5.78 Å². The lowest BCUT2D eigenvalue weighted by Gasteiger charge is -2.27. The first kappa shape index (κ1) is 31.9. The molecule has 0 bridgehead atoms. The Morgan fingerprint density at radius 2 is 1.81 bits per heavy atom. The number of nitrogens with one attached hydrogen (secondary N) is 2. The van der Waals surface area contributed by atoms with Crippen LogP contribution in [-0.2, 0) is 20.8 Å². The van der Waals surface area contributed by atoms with Crippen molar-refractivity contribution in [3.63, 3.8) is 0 Å². The highest BCUT2D eigenvalue weighted by Gasteiger charge is 2.32. The van der Waals surface area contributed by atoms with Gasteiger partial charge < -0.3 is 15.7 Å². The average Bonchev–Trinajstić information content (AvgIpc) is 3.01. The molecule has 4 atom stereocenters. The number of hydrogen-bond donors (Lipinski definition) is 3. The monoisotopic (exact) mass is 586 g/mol. The van der Waals surface area contributed by atoms with E-state index in [4.69, 9.17) is 0 Å². The molecule has 3 N–H and O–H groups in total. The van der Waals surface area contributed by atoms with Gasteiger partial charge in [-0.3, -0.25) is 24.2 Å². The number of hydrogen-bond acceptors (Lipinski definition) is 7. The van der Waals surface area contributed by atoms with E-state index >= 15 is 0 Å². The van der Waals surface area contributed by atoms with Crippen LogP contribution in [0.3, 0.4) is 0 Å². The molecule has 0 radical (unpaired) electrons. The topological polar surface area (TPSA) is 138 Å². The zero-order valence-electron chi connectivity index (χ0n) is 25.0. The highest BCUT2D eigenvalue weighted by atomic mass is 16.3. The SMILES string of the molecule is CC(C)C[C@H](CC(=O)[C@H](Cc1cccc2ccccc12)NC(=O)c1cnccn1)C(=O)N[C@H](CO)C[C@@H]1CCCCC1=O. The van der Waals surface area contributed by atoms with Gasteiger partial charge in [0.25, 0.3) is 5.91 Å². The Bertz CT molecular complexity index is 1400. The van der Waals surface area contributed by atoms with Gasteiger partial charge in [-0.25, -0.2) is 4.98 Å². The number of benzene rings is 2. The highest BCUT2D eigenvalue weighted by molar-refractivity contribution is 5.98. The van der Waals surface area contributed by atoms with Crippen LogP contribution in [0.15, 0.2) is 61.1 Å². The van der Waals surface area contributed by atoms with Crippen LogP contribution in [0.1, 0.15) is 74.8 Å². The van der Waals surface area contributed by atoms with Gasteiger partial charge in [0.05, 0.1) is 24.9 Å². The number of aliphatic hydroxyl groups excluding tert-OH is 1. The van der Waals surface area contributed by atoms with E-state index in [9.17, 15) is 24.3 Å². The van der Waals surface area contributed by atoms with Crippen LogP contribution >= 0.6 is 0 Å². The number of rotatable bonds is 14. The first-order valence-electron chi connectivity index (χ1n) is 15.2. The number of ketones is 2. The fourth-order valence-electron chi connectivity index (χ4n) is 5.97. The van der Waals surface area contributed by atoms with Crippen molar-refractivity contribution in [1.82, 2.24) is 20.6 Å². The lowest BCUT2D eigenvalue weighted by atomic mass is 9.83. The molecule has 228 valence electrons. The average molecular weight is 587 g/mol. The molecule has 0 aliphatic heterocycles. The second-order valence-corrected chi connectivity index (χ2v) is 12.0. The first-order chi connectivity index (χ1) is 20.7. The number of amides is 2. The molecule has 9 nitrogen and oxygen atoms in total. The van der Waals surface area contributed by atoms with Crippen molar-refractivity contribution >= 4 is 34.2 Å². The summed E-state index contributed by atoms with van der Waals surface area (Å²) in [5, 5.41) is 17.8. The minimum Gasteiger partial charge on any atom is -0.394 e. The van der Waals surface area contributed by atoms with E-state index in [0.29, 0.717) is 19.3 Å². The van der Waals surface area contributed by atoms with Crippen LogP contribution in [0.2, 0.25) is 0 Å². The summed E-state index contributed by atoms with van der Waals surface area (Å²) in [5.41, 5.74) is 0.996. The number of carbonyl (C=O) groups is 4. The van der Waals surface area contributed by atoms with Crippen molar-refractivity contribution in [3.05, 3.63) is 72.3 Å². The van der Waals surface area contributed by atoms with Crippen LogP contribution in [0.5, 0.6) is 0 Å². The Hall–Kier alpha value is -3.98. The molecule has 1 fully saturated rings. The molecule has 1 heterocycles. The van der Waals surface area contributed by atoms with Gasteiger partial charge in [0, 0.05) is 43.5 Å². The Balaban J connectivity index is 1.53. The van der Waals surface area contributed by atoms with Gasteiger partial charge in [-0.15, -0.1) is 0 Å². The number of aliphatic hydroxyl groups is 1. The van der Waals surface area contributed by atoms with Crippen molar-refractivity contribution in [2.45, 2.75) is 77.3 Å². The maximum atomic E-state index is 13.9. The van der Waals surface area contributed by atoms with Gasteiger partial charge >= 0.3 is 0 Å². The quantitative estimate of drug-likeness (QED) is 0.257. The molecule has 4 rings (SSSR count). The summed E-state index contributed by atoms with van der Waals surface area (Å²) in [6.07, 6.45) is 8.38. The zero-order chi connectivity index (χ0) is 30.8. The summed E-state index contributed by atoms with van der Waals surface area (Å²) in [4.78, 5) is 61.0. The smallest absolute Gasteiger partial charge is 0.272 e. The third kappa shape index (κ3) is 9.00. The molecule has 9 heteroatoms. The van der Waals surface area contributed by atoms with Gasteiger partial charge in [0.2, 0.25) is 5.91 Å². The minimum absolute atomic E-state index is 0.0826. The maximum absolute atomic E-state index is 13.9. The molecule has 1 saturated carbocycles. The largest absolute Gasteiger partial charge is 0.394 e. The van der Waals surface area contributed by atoms with Crippen LogP contribution in [0, 0.1) is 17.8 Å². The Kier molecular flexibility index (Phi) is 11.5. The van der Waals surface area contributed by atoms with Gasteiger partial charge in [-0.05, 0) is 47.9 Å². The molecular weight excluding hydrogens is 544 g/mol. The molecule has 3 aromatic rings. The number of nitrogens with zero attached hydrogens (tertiary/aromatic N) is 2. The van der Waals surface area contributed by atoms with E-state index in [2.05, 4.69) is 20.6 Å². The van der Waals surface area contributed by atoms with E-state index < -0.39 is 23.9 Å². The molecule has 0 saturated heterocycles. The Morgan fingerprint density at radius 3 is 2.53 bits per heavy atom. The van der Waals surface area contributed by atoms with E-state index in [-0.39, 0.29) is 54.5 Å². The molecule has 43 heavy (non-hydrogen) atoms. The molecule has 1 aromatic heterocycles. The molecule has 1 aliphatic rings. The second kappa shape index (κ2) is 15.5. The lowest BCUT2D eigenvalue weighted by Crippen LogP contribution is -2.46. The van der Waals surface area contributed by atoms with Crippen LogP contribution in [0.4, 0.5) is 0 Å². The maximum Gasteiger partial charge on any atom is 0.272 e. The van der Waals surface area contributed by atoms with Crippen molar-refractivity contribution in [2.24, 2.45) is 17.8 Å². The predicted octanol–water partition coefficient (Wildman–Crippen LogP) is 4.22. The summed E-state index contributed by atoms with van der Waals surface area (Å²) < 4.78 is 0. The highest BCUT2D eigenvalue weighted by Crippen LogP contribution is 2.26. The molecular formula is C34H42N4O5. The summed E-state index contributed by atoms with van der Waals surface area (Å²) >= 11 is 0. The molecule has 1 aliphatic carbocycles. The lowest BCUT2D eigenvalue weighted by molar-refractivity contribution is -0.132. The van der Waals surface area contributed by atoms with Crippen molar-refractivity contribution < 1.29 is 24.3 Å². The van der Waals surface area contributed by atoms with Crippen LogP contribution in [-0.4, -0.2) is 57.1 Å². The van der Waals surface area contributed by atoms with Gasteiger partial charge in [-0.1, -0.05) is 62.7 Å². The number of Topliss-reactive ketones (excluding diaryl/α,β-unsaturated/α-hetero) is 2. The number of carbonyl (C=O) groups excluding carboxylic acids is 4. The standard InChI is InChI=1S/C34H42N4O5/c1-22(2)16-26(33(42)37-27(21-39)17-25-9-4-6-13-31(25)40)19-32(41)29(38-34(43)30-20-35-14-15-36-30)18-24-11-7-10-23-8-3-5-12-28(23)24/h3,5,7-8,10-12,14-15,20,22,25-27,29,39H,4,6,9,13,16-19,21H2,1-2H3,(H,37,42)(H,38,43)/t25-,26+,27-,29-/m0/s1. The summed E-state index contributed by atoms with van der Waals surface area (Å²) in [6.45, 7) is 3.69. The van der Waals surface area contributed by atoms with Gasteiger partial charge in [0.1, 0.15) is 11.5 Å². The Morgan fingerprint density at radius 1 is 1.02 bits per heavy atom. The van der Waals surface area contributed by atoms with E-state index in [1.165, 1.54) is 18.6 Å². The van der Waals surface area contributed by atoms with E-state index in [1.54, 1.807) is 0 Å². The van der Waals surface area contributed by atoms with Gasteiger partial charge in [-0.2, -0.15) is 0 Å². The van der Waals surface area contributed by atoms with E-state index in [1.807, 2.05) is 56.3 Å². The minimum atomic E-state index is -0.906. The molecule has 2 amide bonds. The number of aromatic nitrogens is 2. The fourth-order valence-corrected chi connectivity index (χ4v) is 5.97. The van der Waals surface area contributed by atoms with Crippen LogP contribution in [0.25, 0.3) is 10.8 Å². The first-order valence-corrected chi connectivity index (χ1v) is 15.2. The molecule has 0 spiro atoms. The molecule has 0 unspecified atom stereocenters. The Labute approximate surface area is 252 Å². The predicted molar refractivity (Wildman–Crippen MR) is 164 cm³/mol. The van der Waals surface area contributed by atoms with E-state index in [0.717, 1.165) is 35.6 Å². The summed E-state index contributed by atoms with van der Waals surface area (Å²) in [7, 11) is 0. The number of fused-ring (bicyclic) bond motifs is 1. The third-order valence-electron chi connectivity index (χ3n) is 8.18. The third-order valence-corrected chi connectivity index (χ3v) is 8.18. The second-order valence-electron chi connectivity index (χ2n) is 12.0. The van der Waals surface area contributed by atoms with Crippen LogP contribution < -0.4 is 10.6 Å². The van der Waals surface area contributed by atoms with Crippen molar-refractivity contribution in [2.75, 3.05) is 6.61 Å². The van der Waals surface area contributed by atoms with Crippen molar-refractivity contribution in [3.8, 4) is 0 Å². The normalized spacial score (nSPS) is 17.3. The molecule has 2 aromatic carbocycles. The summed E-state index contributed by atoms with van der Waals surface area (Å²) in [6, 6.07) is 12.2. The zero-order valence-corrected chi connectivity index (χ0v) is 25.0. The van der Waals surface area contributed by atoms with Crippen molar-refractivity contribution in [1.29, 1.82) is 0 Å².